The molecule has 5 rings (SSSR count). The SMILES string of the molecule is Cc1ccccc1-n1c(CC2CCN(C(=O)c3cc(=O)c4ccccc4o3)CC2)n[nH]c1=O. The highest BCUT2D eigenvalue weighted by atomic mass is 16.3. The Morgan fingerprint density at radius 3 is 2.61 bits per heavy atom. The quantitative estimate of drug-likeness (QED) is 0.521. The first-order valence-corrected chi connectivity index (χ1v) is 11.1. The number of aromatic nitrogens is 3. The molecule has 0 unspecified atom stereocenters. The number of aromatic amines is 1. The molecule has 2 aromatic carbocycles. The zero-order valence-corrected chi connectivity index (χ0v) is 18.3. The minimum atomic E-state index is -0.270. The van der Waals surface area contributed by atoms with Crippen molar-refractivity contribution in [2.45, 2.75) is 26.2 Å². The van der Waals surface area contributed by atoms with Crippen LogP contribution in [0.4, 0.5) is 0 Å². The smallest absolute Gasteiger partial charge is 0.347 e. The number of piperidine rings is 1. The molecule has 0 aliphatic carbocycles. The summed E-state index contributed by atoms with van der Waals surface area (Å²) >= 11 is 0. The third-order valence-corrected chi connectivity index (χ3v) is 6.32. The third kappa shape index (κ3) is 4.00. The first-order valence-electron chi connectivity index (χ1n) is 11.1. The van der Waals surface area contributed by atoms with Crippen LogP contribution in [0.3, 0.4) is 0 Å². The van der Waals surface area contributed by atoms with Crippen molar-refractivity contribution >= 4 is 16.9 Å². The van der Waals surface area contributed by atoms with Gasteiger partial charge in [-0.05, 0) is 49.4 Å². The van der Waals surface area contributed by atoms with E-state index in [9.17, 15) is 14.4 Å². The van der Waals surface area contributed by atoms with Crippen molar-refractivity contribution in [1.82, 2.24) is 19.7 Å². The predicted octanol–water partition coefficient (Wildman–Crippen LogP) is 3.07. The summed E-state index contributed by atoms with van der Waals surface area (Å²) in [6, 6.07) is 15.9. The number of fused-ring (bicyclic) bond motifs is 1. The van der Waals surface area contributed by atoms with Crippen LogP contribution in [-0.4, -0.2) is 38.7 Å². The summed E-state index contributed by atoms with van der Waals surface area (Å²) in [6.45, 7) is 3.08. The Morgan fingerprint density at radius 1 is 1.09 bits per heavy atom. The molecule has 168 valence electrons. The Bertz CT molecular complexity index is 1440. The molecule has 1 aliphatic heterocycles. The summed E-state index contributed by atoms with van der Waals surface area (Å²) < 4.78 is 7.35. The van der Waals surface area contributed by atoms with Gasteiger partial charge in [-0.2, -0.15) is 5.10 Å². The molecule has 0 saturated carbocycles. The average Bonchev–Trinajstić information content (AvgIpc) is 3.19. The number of carbonyl (C=O) groups excluding carboxylic acids is 1. The number of hydrogen-bond acceptors (Lipinski definition) is 5. The van der Waals surface area contributed by atoms with E-state index in [2.05, 4.69) is 10.2 Å². The summed E-state index contributed by atoms with van der Waals surface area (Å²) in [7, 11) is 0. The zero-order valence-electron chi connectivity index (χ0n) is 18.3. The number of rotatable bonds is 4. The van der Waals surface area contributed by atoms with Crippen LogP contribution in [0.1, 0.15) is 34.8 Å². The molecule has 2 aromatic heterocycles. The molecule has 8 nitrogen and oxygen atoms in total. The Balaban J connectivity index is 1.29. The summed E-state index contributed by atoms with van der Waals surface area (Å²) in [4.78, 5) is 39.5. The molecule has 0 spiro atoms. The number of amides is 1. The van der Waals surface area contributed by atoms with Gasteiger partial charge in [0.05, 0.1) is 11.1 Å². The number of aryl methyl sites for hydroxylation is 1. The number of para-hydroxylation sites is 2. The van der Waals surface area contributed by atoms with E-state index in [1.165, 1.54) is 6.07 Å². The van der Waals surface area contributed by atoms with E-state index in [4.69, 9.17) is 4.42 Å². The second kappa shape index (κ2) is 8.54. The molecule has 4 aromatic rings. The van der Waals surface area contributed by atoms with Gasteiger partial charge < -0.3 is 9.32 Å². The average molecular weight is 444 g/mol. The number of benzene rings is 2. The molecule has 1 amide bonds. The molecule has 8 heteroatoms. The highest BCUT2D eigenvalue weighted by Gasteiger charge is 2.27. The minimum absolute atomic E-state index is 0.0674. The van der Waals surface area contributed by atoms with Crippen LogP contribution >= 0.6 is 0 Å². The van der Waals surface area contributed by atoms with E-state index < -0.39 is 0 Å². The molecule has 0 radical (unpaired) electrons. The monoisotopic (exact) mass is 444 g/mol. The van der Waals surface area contributed by atoms with Gasteiger partial charge in [0.15, 0.2) is 11.2 Å². The van der Waals surface area contributed by atoms with E-state index >= 15 is 0 Å². The molecule has 1 fully saturated rings. The highest BCUT2D eigenvalue weighted by molar-refractivity contribution is 5.93. The number of carbonyl (C=O) groups is 1. The van der Waals surface area contributed by atoms with Crippen molar-refractivity contribution in [2.24, 2.45) is 5.92 Å². The van der Waals surface area contributed by atoms with Crippen molar-refractivity contribution in [3.05, 3.63) is 92.5 Å². The Kier molecular flexibility index (Phi) is 5.42. The van der Waals surface area contributed by atoms with Gasteiger partial charge in [0.2, 0.25) is 0 Å². The van der Waals surface area contributed by atoms with Crippen LogP contribution in [0, 0.1) is 12.8 Å². The van der Waals surface area contributed by atoms with Crippen LogP contribution < -0.4 is 11.1 Å². The number of H-pyrrole nitrogens is 1. The zero-order chi connectivity index (χ0) is 22.9. The fourth-order valence-electron chi connectivity index (χ4n) is 4.49. The third-order valence-electron chi connectivity index (χ3n) is 6.32. The molecule has 1 saturated heterocycles. The Hall–Kier alpha value is -3.94. The van der Waals surface area contributed by atoms with E-state index in [0.717, 1.165) is 24.1 Å². The standard InChI is InChI=1S/C25H24N4O4/c1-16-6-2-4-8-19(16)29-23(26-27-25(29)32)14-17-10-12-28(13-11-17)24(31)22-15-20(30)18-7-3-5-9-21(18)33-22/h2-9,15,17H,10-14H2,1H3,(H,27,32). The van der Waals surface area contributed by atoms with Gasteiger partial charge >= 0.3 is 5.69 Å². The van der Waals surface area contributed by atoms with Gasteiger partial charge in [0, 0.05) is 25.6 Å². The second-order valence-corrected chi connectivity index (χ2v) is 8.48. The molecule has 0 atom stereocenters. The number of hydrogen-bond donors (Lipinski definition) is 1. The summed E-state index contributed by atoms with van der Waals surface area (Å²) in [5.74, 6) is 0.779. The summed E-state index contributed by atoms with van der Waals surface area (Å²) in [6.07, 6.45) is 2.19. The Labute approximate surface area is 189 Å². The molecule has 1 aliphatic rings. The first-order chi connectivity index (χ1) is 16.0. The topological polar surface area (TPSA) is 101 Å². The fraction of sp³-hybridized carbons (Fsp3) is 0.280. The highest BCUT2D eigenvalue weighted by Crippen LogP contribution is 2.24. The maximum atomic E-state index is 13.0. The van der Waals surface area contributed by atoms with Crippen LogP contribution in [0.5, 0.6) is 0 Å². The summed E-state index contributed by atoms with van der Waals surface area (Å²) in [5.41, 5.74) is 1.77. The first kappa shape index (κ1) is 20.9. The minimum Gasteiger partial charge on any atom is -0.451 e. The van der Waals surface area contributed by atoms with Crippen molar-refractivity contribution in [2.75, 3.05) is 13.1 Å². The van der Waals surface area contributed by atoms with Gasteiger partial charge in [-0.15, -0.1) is 0 Å². The van der Waals surface area contributed by atoms with Gasteiger partial charge in [-0.1, -0.05) is 30.3 Å². The number of nitrogens with one attached hydrogen (secondary N) is 1. The molecular weight excluding hydrogens is 420 g/mol. The van der Waals surface area contributed by atoms with Crippen molar-refractivity contribution in [3.63, 3.8) is 0 Å². The lowest BCUT2D eigenvalue weighted by molar-refractivity contribution is 0.0658. The van der Waals surface area contributed by atoms with Crippen LogP contribution in [-0.2, 0) is 6.42 Å². The second-order valence-electron chi connectivity index (χ2n) is 8.48. The lowest BCUT2D eigenvalue weighted by Gasteiger charge is -2.31. The maximum Gasteiger partial charge on any atom is 0.347 e. The molecule has 33 heavy (non-hydrogen) atoms. The molecule has 3 heterocycles. The van der Waals surface area contributed by atoms with Crippen molar-refractivity contribution < 1.29 is 9.21 Å². The fourth-order valence-corrected chi connectivity index (χ4v) is 4.49. The lowest BCUT2D eigenvalue weighted by atomic mass is 9.93. The Morgan fingerprint density at radius 2 is 1.82 bits per heavy atom. The van der Waals surface area contributed by atoms with Crippen molar-refractivity contribution in [3.8, 4) is 5.69 Å². The van der Waals surface area contributed by atoms with Gasteiger partial charge in [0.25, 0.3) is 5.91 Å². The van der Waals surface area contributed by atoms with Gasteiger partial charge in [-0.25, -0.2) is 14.5 Å². The lowest BCUT2D eigenvalue weighted by Crippen LogP contribution is -2.39. The molecule has 1 N–H and O–H groups in total. The number of nitrogens with zero attached hydrogens (tertiary/aromatic N) is 3. The van der Waals surface area contributed by atoms with Crippen LogP contribution in [0.15, 0.2) is 68.6 Å². The van der Waals surface area contributed by atoms with Gasteiger partial charge in [-0.3, -0.25) is 9.59 Å². The number of likely N-dealkylation sites (tertiary alicyclic amines) is 1. The largest absolute Gasteiger partial charge is 0.451 e. The van der Waals surface area contributed by atoms with Crippen molar-refractivity contribution in [1.29, 1.82) is 0 Å². The van der Waals surface area contributed by atoms with Gasteiger partial charge in [0.1, 0.15) is 11.4 Å². The van der Waals surface area contributed by atoms with E-state index in [1.54, 1.807) is 33.7 Å². The normalized spacial score (nSPS) is 14.6. The summed E-state index contributed by atoms with van der Waals surface area (Å²) in [5, 5.41) is 7.30. The van der Waals surface area contributed by atoms with E-state index in [-0.39, 0.29) is 28.7 Å². The molecule has 0 bridgehead atoms. The van der Waals surface area contributed by atoms with Crippen LogP contribution in [0.25, 0.3) is 16.7 Å². The predicted molar refractivity (Wildman–Crippen MR) is 124 cm³/mol. The van der Waals surface area contributed by atoms with E-state index in [0.29, 0.717) is 36.3 Å². The maximum absolute atomic E-state index is 13.0. The van der Waals surface area contributed by atoms with E-state index in [1.807, 2.05) is 31.2 Å². The van der Waals surface area contributed by atoms with Crippen LogP contribution in [0.2, 0.25) is 0 Å². The molecular formula is C25H24N4O4.